The maximum absolute atomic E-state index is 14.1. The van der Waals surface area contributed by atoms with Crippen LogP contribution in [-0.4, -0.2) is 84.2 Å². The monoisotopic (exact) mass is 545 g/mol. The summed E-state index contributed by atoms with van der Waals surface area (Å²) in [6, 6.07) is 2.87. The van der Waals surface area contributed by atoms with Crippen LogP contribution in [0.3, 0.4) is 0 Å². The third-order valence-electron chi connectivity index (χ3n) is 7.85. The standard InChI is InChI=1S/C27H34F3N7O2/c28-27(29,30)21-5-6-22-20(17-31-34-22)24(21)37-11-7-19-23(18-37)32-26(33-25(19)36-9-2-1-3-10-36)39-14-4-8-35-12-15-38-16-13-35/h5-6,17H,1-4,7-16,18H2,(H,31,34). The Kier molecular flexibility index (Phi) is 7.48. The van der Waals surface area contributed by atoms with E-state index in [-0.39, 0.29) is 12.2 Å². The summed E-state index contributed by atoms with van der Waals surface area (Å²) in [5.74, 6) is 0.875. The highest BCUT2D eigenvalue weighted by Crippen LogP contribution is 2.42. The van der Waals surface area contributed by atoms with Gasteiger partial charge in [0.1, 0.15) is 5.82 Å². The van der Waals surface area contributed by atoms with Gasteiger partial charge in [-0.2, -0.15) is 28.2 Å². The van der Waals surface area contributed by atoms with Crippen LogP contribution in [0.4, 0.5) is 24.7 Å². The van der Waals surface area contributed by atoms with Crippen LogP contribution < -0.4 is 14.5 Å². The molecule has 9 nitrogen and oxygen atoms in total. The molecule has 3 aromatic rings. The first kappa shape index (κ1) is 26.1. The van der Waals surface area contributed by atoms with Crippen molar-refractivity contribution in [2.24, 2.45) is 0 Å². The van der Waals surface area contributed by atoms with Crippen LogP contribution in [-0.2, 0) is 23.9 Å². The van der Waals surface area contributed by atoms with Gasteiger partial charge in [-0.25, -0.2) is 0 Å². The number of hydrogen-bond donors (Lipinski definition) is 1. The summed E-state index contributed by atoms with van der Waals surface area (Å²) in [7, 11) is 0. The smallest absolute Gasteiger partial charge is 0.418 e. The van der Waals surface area contributed by atoms with Crippen molar-refractivity contribution in [3.05, 3.63) is 35.2 Å². The lowest BCUT2D eigenvalue weighted by Crippen LogP contribution is -2.37. The van der Waals surface area contributed by atoms with Gasteiger partial charge in [0.15, 0.2) is 0 Å². The van der Waals surface area contributed by atoms with Crippen molar-refractivity contribution in [1.29, 1.82) is 0 Å². The number of halogens is 3. The third-order valence-corrected chi connectivity index (χ3v) is 7.85. The SMILES string of the molecule is FC(F)(F)c1ccc2[nH]ncc2c1N1CCc2c(nc(OCCCN3CCOCC3)nc2N2CCCCC2)C1. The summed E-state index contributed by atoms with van der Waals surface area (Å²) in [5, 5.41) is 7.27. The van der Waals surface area contributed by atoms with Crippen LogP contribution in [0.2, 0.25) is 0 Å². The number of nitrogens with zero attached hydrogens (tertiary/aromatic N) is 6. The number of rotatable bonds is 7. The van der Waals surface area contributed by atoms with E-state index in [4.69, 9.17) is 19.4 Å². The molecule has 2 saturated heterocycles. The molecule has 6 rings (SSSR count). The summed E-state index contributed by atoms with van der Waals surface area (Å²) in [6.07, 6.45) is 1.76. The minimum absolute atomic E-state index is 0.144. The minimum Gasteiger partial charge on any atom is -0.463 e. The molecule has 0 amide bonds. The number of anilines is 2. The Hall–Kier alpha value is -3.12. The molecule has 1 aromatic carbocycles. The molecule has 5 heterocycles. The Bertz CT molecular complexity index is 1290. The molecule has 0 bridgehead atoms. The first-order chi connectivity index (χ1) is 19.0. The van der Waals surface area contributed by atoms with Gasteiger partial charge in [0.2, 0.25) is 0 Å². The van der Waals surface area contributed by atoms with E-state index in [1.54, 1.807) is 4.90 Å². The number of fused-ring (bicyclic) bond motifs is 2. The maximum Gasteiger partial charge on any atom is 0.418 e. The highest BCUT2D eigenvalue weighted by Gasteiger charge is 2.37. The van der Waals surface area contributed by atoms with Gasteiger partial charge < -0.3 is 19.3 Å². The Morgan fingerprint density at radius 3 is 2.59 bits per heavy atom. The van der Waals surface area contributed by atoms with E-state index in [1.165, 1.54) is 18.7 Å². The fraction of sp³-hybridized carbons (Fsp3) is 0.593. The number of aromatic amines is 1. The highest BCUT2D eigenvalue weighted by molar-refractivity contribution is 5.94. The maximum atomic E-state index is 14.1. The zero-order valence-electron chi connectivity index (χ0n) is 22.0. The largest absolute Gasteiger partial charge is 0.463 e. The van der Waals surface area contributed by atoms with Gasteiger partial charge >= 0.3 is 12.2 Å². The number of nitrogens with one attached hydrogen (secondary N) is 1. The minimum atomic E-state index is -4.49. The van der Waals surface area contributed by atoms with Gasteiger partial charge in [-0.1, -0.05) is 0 Å². The molecular weight excluding hydrogens is 511 g/mol. The molecule has 39 heavy (non-hydrogen) atoms. The van der Waals surface area contributed by atoms with E-state index in [0.717, 1.165) is 88.3 Å². The average Bonchev–Trinajstić information content (AvgIpc) is 3.44. The zero-order chi connectivity index (χ0) is 26.8. The second-order valence-electron chi connectivity index (χ2n) is 10.4. The summed E-state index contributed by atoms with van der Waals surface area (Å²) in [6.45, 7) is 7.26. The number of piperidine rings is 1. The number of aromatic nitrogens is 4. The van der Waals surface area contributed by atoms with Crippen molar-refractivity contribution in [3.8, 4) is 6.01 Å². The van der Waals surface area contributed by atoms with Crippen LogP contribution in [0.25, 0.3) is 10.9 Å². The van der Waals surface area contributed by atoms with Gasteiger partial charge in [-0.15, -0.1) is 0 Å². The Morgan fingerprint density at radius 1 is 0.974 bits per heavy atom. The van der Waals surface area contributed by atoms with E-state index >= 15 is 0 Å². The highest BCUT2D eigenvalue weighted by atomic mass is 19.4. The van der Waals surface area contributed by atoms with E-state index in [2.05, 4.69) is 20.0 Å². The number of ether oxygens (including phenoxy) is 2. The number of benzene rings is 1. The molecule has 2 aromatic heterocycles. The van der Waals surface area contributed by atoms with Crippen LogP contribution in [0.15, 0.2) is 18.3 Å². The molecule has 1 N–H and O–H groups in total. The van der Waals surface area contributed by atoms with Crippen LogP contribution >= 0.6 is 0 Å². The van der Waals surface area contributed by atoms with Gasteiger partial charge in [0.05, 0.1) is 55.0 Å². The first-order valence-corrected chi connectivity index (χ1v) is 13.8. The number of H-pyrrole nitrogens is 1. The average molecular weight is 546 g/mol. The van der Waals surface area contributed by atoms with Gasteiger partial charge in [-0.3, -0.25) is 10.00 Å². The van der Waals surface area contributed by atoms with Gasteiger partial charge in [-0.05, 0) is 44.2 Å². The van der Waals surface area contributed by atoms with Crippen molar-refractivity contribution in [2.45, 2.75) is 44.8 Å². The zero-order valence-corrected chi connectivity index (χ0v) is 22.0. The predicted molar refractivity (Wildman–Crippen MR) is 141 cm³/mol. The molecule has 0 spiro atoms. The van der Waals surface area contributed by atoms with Crippen molar-refractivity contribution in [3.63, 3.8) is 0 Å². The second-order valence-corrected chi connectivity index (χ2v) is 10.4. The lowest BCUT2D eigenvalue weighted by molar-refractivity contribution is -0.137. The number of alkyl halides is 3. The normalized spacial score (nSPS) is 18.9. The van der Waals surface area contributed by atoms with E-state index in [1.807, 2.05) is 0 Å². The fourth-order valence-electron chi connectivity index (χ4n) is 5.86. The summed E-state index contributed by atoms with van der Waals surface area (Å²) in [4.78, 5) is 16.0. The van der Waals surface area contributed by atoms with E-state index in [0.29, 0.717) is 36.5 Å². The Labute approximate surface area is 225 Å². The molecule has 0 saturated carbocycles. The molecule has 3 aliphatic heterocycles. The molecule has 0 aliphatic carbocycles. The summed E-state index contributed by atoms with van der Waals surface area (Å²) >= 11 is 0. The quantitative estimate of drug-likeness (QED) is 0.446. The van der Waals surface area contributed by atoms with Crippen molar-refractivity contribution >= 4 is 22.4 Å². The van der Waals surface area contributed by atoms with E-state index in [9.17, 15) is 13.2 Å². The fourth-order valence-corrected chi connectivity index (χ4v) is 5.86. The first-order valence-electron chi connectivity index (χ1n) is 13.8. The second kappa shape index (κ2) is 11.2. The van der Waals surface area contributed by atoms with Crippen molar-refractivity contribution in [2.75, 3.05) is 68.9 Å². The topological polar surface area (TPSA) is 82.6 Å². The number of morpholine rings is 1. The summed E-state index contributed by atoms with van der Waals surface area (Å²) < 4.78 is 53.7. The number of hydrogen-bond acceptors (Lipinski definition) is 8. The Morgan fingerprint density at radius 2 is 1.79 bits per heavy atom. The molecule has 12 heteroatoms. The van der Waals surface area contributed by atoms with Crippen molar-refractivity contribution < 1.29 is 22.6 Å². The predicted octanol–water partition coefficient (Wildman–Crippen LogP) is 4.03. The molecule has 0 radical (unpaired) electrons. The molecule has 3 aliphatic rings. The lowest BCUT2D eigenvalue weighted by Gasteiger charge is -2.36. The Balaban J connectivity index is 1.28. The molecule has 0 unspecified atom stereocenters. The molecular formula is C27H34F3N7O2. The van der Waals surface area contributed by atoms with E-state index < -0.39 is 11.7 Å². The molecule has 0 atom stereocenters. The van der Waals surface area contributed by atoms with Crippen LogP contribution in [0, 0.1) is 0 Å². The third kappa shape index (κ3) is 5.62. The van der Waals surface area contributed by atoms with Gasteiger partial charge in [0.25, 0.3) is 0 Å². The van der Waals surface area contributed by atoms with Crippen molar-refractivity contribution in [1.82, 2.24) is 25.1 Å². The van der Waals surface area contributed by atoms with Crippen LogP contribution in [0.5, 0.6) is 6.01 Å². The van der Waals surface area contributed by atoms with Gasteiger partial charge in [0, 0.05) is 50.2 Å². The molecule has 210 valence electrons. The summed E-state index contributed by atoms with van der Waals surface area (Å²) in [5.41, 5.74) is 1.80. The molecule has 2 fully saturated rings. The lowest BCUT2D eigenvalue weighted by atomic mass is 10.0. The van der Waals surface area contributed by atoms with Crippen LogP contribution in [0.1, 0.15) is 42.5 Å².